The maximum atomic E-state index is 11.3. The zero-order valence-corrected chi connectivity index (χ0v) is 9.18. The van der Waals surface area contributed by atoms with E-state index in [0.29, 0.717) is 18.1 Å². The lowest BCUT2D eigenvalue weighted by molar-refractivity contribution is -0.120. The molecule has 0 saturated carbocycles. The summed E-state index contributed by atoms with van der Waals surface area (Å²) >= 11 is 0. The van der Waals surface area contributed by atoms with Gasteiger partial charge in [-0.3, -0.25) is 4.79 Å². The summed E-state index contributed by atoms with van der Waals surface area (Å²) in [5, 5.41) is 7.58. The van der Waals surface area contributed by atoms with Gasteiger partial charge in [-0.1, -0.05) is 27.7 Å². The highest BCUT2D eigenvalue weighted by molar-refractivity contribution is 6.01. The minimum atomic E-state index is 0.0689. The Hall–Kier alpha value is -0.660. The van der Waals surface area contributed by atoms with Crippen LogP contribution in [0.3, 0.4) is 0 Å². The first-order valence-electron chi connectivity index (χ1n) is 5.02. The first-order valence-corrected chi connectivity index (χ1v) is 5.02. The second-order valence-corrected chi connectivity index (χ2v) is 4.33. The summed E-state index contributed by atoms with van der Waals surface area (Å²) in [6.07, 6.45) is 2.14. The number of Topliss-reactive ketones (excluding diaryl/α,β-unsaturated/α-hetero) is 1. The van der Waals surface area contributed by atoms with Gasteiger partial charge < -0.3 is 5.41 Å². The maximum absolute atomic E-state index is 11.3. The van der Waals surface area contributed by atoms with Gasteiger partial charge in [0.05, 0.1) is 0 Å². The molecule has 0 aromatic heterocycles. The Kier molecular flexibility index (Phi) is 5.60. The zero-order valence-electron chi connectivity index (χ0n) is 9.18. The van der Waals surface area contributed by atoms with E-state index in [1.807, 2.05) is 13.8 Å². The first kappa shape index (κ1) is 12.3. The summed E-state index contributed by atoms with van der Waals surface area (Å²) in [7, 11) is 0. The monoisotopic (exact) mass is 183 g/mol. The second kappa shape index (κ2) is 5.90. The van der Waals surface area contributed by atoms with Gasteiger partial charge in [-0.25, -0.2) is 0 Å². The van der Waals surface area contributed by atoms with E-state index < -0.39 is 0 Å². The molecular formula is C11H21NO. The Balaban J connectivity index is 3.69. The Labute approximate surface area is 81.2 Å². The van der Waals surface area contributed by atoms with E-state index >= 15 is 0 Å². The standard InChI is InChI=1S/C11H21NO/c1-8(2)5-6-10(12)7-11(13)9(3)4/h8-9,12H,5-7H2,1-4H3. The van der Waals surface area contributed by atoms with Crippen molar-refractivity contribution >= 4 is 11.5 Å². The van der Waals surface area contributed by atoms with E-state index in [1.165, 1.54) is 0 Å². The minimum Gasteiger partial charge on any atom is -0.309 e. The fourth-order valence-electron chi connectivity index (χ4n) is 0.966. The maximum Gasteiger partial charge on any atom is 0.140 e. The minimum absolute atomic E-state index is 0.0689. The smallest absolute Gasteiger partial charge is 0.140 e. The molecule has 0 fully saturated rings. The number of hydrogen-bond acceptors (Lipinski definition) is 2. The third-order valence-corrected chi connectivity index (χ3v) is 2.06. The van der Waals surface area contributed by atoms with Crippen molar-refractivity contribution in [2.24, 2.45) is 11.8 Å². The molecule has 0 aromatic rings. The average Bonchev–Trinajstić information content (AvgIpc) is 2.00. The third-order valence-electron chi connectivity index (χ3n) is 2.06. The Bertz CT molecular complexity index is 183. The van der Waals surface area contributed by atoms with Gasteiger partial charge >= 0.3 is 0 Å². The molecule has 0 aliphatic rings. The molecule has 0 unspecified atom stereocenters. The number of rotatable bonds is 6. The second-order valence-electron chi connectivity index (χ2n) is 4.33. The lowest BCUT2D eigenvalue weighted by atomic mass is 9.98. The van der Waals surface area contributed by atoms with Crippen LogP contribution >= 0.6 is 0 Å². The van der Waals surface area contributed by atoms with Gasteiger partial charge in [0.2, 0.25) is 0 Å². The van der Waals surface area contributed by atoms with Crippen LogP contribution in [0.1, 0.15) is 47.0 Å². The van der Waals surface area contributed by atoms with Crippen LogP contribution < -0.4 is 0 Å². The number of carbonyl (C=O) groups excluding carboxylic acids is 1. The van der Waals surface area contributed by atoms with E-state index in [1.54, 1.807) is 0 Å². The molecule has 13 heavy (non-hydrogen) atoms. The van der Waals surface area contributed by atoms with E-state index in [2.05, 4.69) is 13.8 Å². The molecule has 0 radical (unpaired) electrons. The molecule has 0 rings (SSSR count). The van der Waals surface area contributed by atoms with Crippen molar-refractivity contribution in [2.75, 3.05) is 0 Å². The normalized spacial score (nSPS) is 10.9. The predicted octanol–water partition coefficient (Wildman–Crippen LogP) is 3.06. The topological polar surface area (TPSA) is 40.9 Å². The molecule has 2 heteroatoms. The molecule has 0 aromatic carbocycles. The molecule has 0 amide bonds. The van der Waals surface area contributed by atoms with E-state index in [-0.39, 0.29) is 11.7 Å². The quantitative estimate of drug-likeness (QED) is 0.632. The van der Waals surface area contributed by atoms with Crippen molar-refractivity contribution in [1.29, 1.82) is 5.41 Å². The highest BCUT2D eigenvalue weighted by atomic mass is 16.1. The lowest BCUT2D eigenvalue weighted by Crippen LogP contribution is -2.13. The van der Waals surface area contributed by atoms with Gasteiger partial charge in [-0.05, 0) is 18.8 Å². The molecule has 0 bridgehead atoms. The summed E-state index contributed by atoms with van der Waals surface area (Å²) in [5.41, 5.74) is 0.590. The Morgan fingerprint density at radius 1 is 1.23 bits per heavy atom. The molecule has 76 valence electrons. The summed E-state index contributed by atoms with van der Waals surface area (Å²) in [6, 6.07) is 0. The number of hydrogen-bond donors (Lipinski definition) is 1. The van der Waals surface area contributed by atoms with Crippen molar-refractivity contribution in [3.63, 3.8) is 0 Å². The molecule has 0 heterocycles. The number of ketones is 1. The van der Waals surface area contributed by atoms with Crippen LogP contribution in [-0.4, -0.2) is 11.5 Å². The molecule has 0 saturated heterocycles. The van der Waals surface area contributed by atoms with Gasteiger partial charge in [-0.2, -0.15) is 0 Å². The molecule has 0 spiro atoms. The van der Waals surface area contributed by atoms with Crippen LogP contribution in [0.5, 0.6) is 0 Å². The van der Waals surface area contributed by atoms with E-state index in [0.717, 1.165) is 12.8 Å². The van der Waals surface area contributed by atoms with Crippen molar-refractivity contribution in [2.45, 2.75) is 47.0 Å². The van der Waals surface area contributed by atoms with Gasteiger partial charge in [0.15, 0.2) is 0 Å². The van der Waals surface area contributed by atoms with Gasteiger partial charge in [0.25, 0.3) is 0 Å². The number of carbonyl (C=O) groups is 1. The van der Waals surface area contributed by atoms with Gasteiger partial charge in [0, 0.05) is 18.1 Å². The molecule has 2 nitrogen and oxygen atoms in total. The highest BCUT2D eigenvalue weighted by Gasteiger charge is 2.10. The molecular weight excluding hydrogens is 162 g/mol. The van der Waals surface area contributed by atoms with Gasteiger partial charge in [0.1, 0.15) is 5.78 Å². The molecule has 0 atom stereocenters. The van der Waals surface area contributed by atoms with Crippen molar-refractivity contribution < 1.29 is 4.79 Å². The first-order chi connectivity index (χ1) is 5.93. The van der Waals surface area contributed by atoms with Crippen LogP contribution in [0.4, 0.5) is 0 Å². The van der Waals surface area contributed by atoms with Crippen molar-refractivity contribution in [3.8, 4) is 0 Å². The highest BCUT2D eigenvalue weighted by Crippen LogP contribution is 2.08. The molecule has 0 aliphatic heterocycles. The molecule has 0 aliphatic carbocycles. The summed E-state index contributed by atoms with van der Waals surface area (Å²) in [5.74, 6) is 0.877. The Morgan fingerprint density at radius 3 is 2.15 bits per heavy atom. The fourth-order valence-corrected chi connectivity index (χ4v) is 0.966. The SMILES string of the molecule is CC(C)CCC(=N)CC(=O)C(C)C. The zero-order chi connectivity index (χ0) is 10.4. The summed E-state index contributed by atoms with van der Waals surface area (Å²) in [6.45, 7) is 8.05. The van der Waals surface area contributed by atoms with Crippen LogP contribution in [0.15, 0.2) is 0 Å². The molecule has 1 N–H and O–H groups in total. The third kappa shape index (κ3) is 6.50. The van der Waals surface area contributed by atoms with Crippen molar-refractivity contribution in [3.05, 3.63) is 0 Å². The van der Waals surface area contributed by atoms with Crippen LogP contribution in [-0.2, 0) is 4.79 Å². The van der Waals surface area contributed by atoms with E-state index in [4.69, 9.17) is 5.41 Å². The van der Waals surface area contributed by atoms with Crippen LogP contribution in [0, 0.1) is 17.2 Å². The predicted molar refractivity (Wildman–Crippen MR) is 56.3 cm³/mol. The van der Waals surface area contributed by atoms with Gasteiger partial charge in [-0.15, -0.1) is 0 Å². The largest absolute Gasteiger partial charge is 0.309 e. The summed E-state index contributed by atoms with van der Waals surface area (Å²) < 4.78 is 0. The number of nitrogens with one attached hydrogen (secondary N) is 1. The van der Waals surface area contributed by atoms with Crippen molar-refractivity contribution in [1.82, 2.24) is 0 Å². The Morgan fingerprint density at radius 2 is 1.77 bits per heavy atom. The average molecular weight is 183 g/mol. The van der Waals surface area contributed by atoms with E-state index in [9.17, 15) is 4.79 Å². The van der Waals surface area contributed by atoms with Crippen LogP contribution in [0.2, 0.25) is 0 Å². The fraction of sp³-hybridized carbons (Fsp3) is 0.818. The summed E-state index contributed by atoms with van der Waals surface area (Å²) in [4.78, 5) is 11.3. The van der Waals surface area contributed by atoms with Crippen LogP contribution in [0.25, 0.3) is 0 Å². The lowest BCUT2D eigenvalue weighted by Gasteiger charge is -2.07.